The highest BCUT2D eigenvalue weighted by atomic mass is 32.2. The minimum absolute atomic E-state index is 0.137. The lowest BCUT2D eigenvalue weighted by Crippen LogP contribution is -2.49. The molecular formula is C18H25N3O4S2. The molecule has 0 aliphatic carbocycles. The molecule has 27 heavy (non-hydrogen) atoms. The van der Waals surface area contributed by atoms with Gasteiger partial charge in [-0.05, 0) is 43.7 Å². The molecule has 1 atom stereocenters. The van der Waals surface area contributed by atoms with Crippen LogP contribution in [0.1, 0.15) is 12.8 Å². The third-order valence-electron chi connectivity index (χ3n) is 4.88. The highest BCUT2D eigenvalue weighted by Crippen LogP contribution is 2.21. The lowest BCUT2D eigenvalue weighted by atomic mass is 10.2. The number of sulfone groups is 1. The fourth-order valence-electron chi connectivity index (χ4n) is 3.46. The molecule has 2 aliphatic rings. The van der Waals surface area contributed by atoms with Gasteiger partial charge in [0, 0.05) is 36.5 Å². The fraction of sp³-hybridized carbons (Fsp3) is 0.556. The van der Waals surface area contributed by atoms with Crippen molar-refractivity contribution < 1.29 is 18.0 Å². The molecule has 0 bridgehead atoms. The Bertz CT molecular complexity index is 789. The summed E-state index contributed by atoms with van der Waals surface area (Å²) in [6.07, 6.45) is 2.85. The highest BCUT2D eigenvalue weighted by Gasteiger charge is 2.35. The maximum absolute atomic E-state index is 12.8. The standard InChI is InChI=1S/C18H25N3O4S2/c1-27(24,25)15-6-4-14(5-7-15)19-17(22)13-21-8-2-3-16(21)18(23)20-9-11-26-12-10-20/h4-7,16H,2-3,8-13H2,1H3,(H,19,22). The molecule has 148 valence electrons. The smallest absolute Gasteiger partial charge is 0.239 e. The zero-order valence-corrected chi connectivity index (χ0v) is 17.0. The number of hydrogen-bond donors (Lipinski definition) is 1. The molecule has 2 aliphatic heterocycles. The van der Waals surface area contributed by atoms with Crippen LogP contribution in [0.5, 0.6) is 0 Å². The largest absolute Gasteiger partial charge is 0.340 e. The Hall–Kier alpha value is -1.58. The third-order valence-corrected chi connectivity index (χ3v) is 6.96. The first-order valence-electron chi connectivity index (χ1n) is 9.05. The highest BCUT2D eigenvalue weighted by molar-refractivity contribution is 7.99. The van der Waals surface area contributed by atoms with Crippen molar-refractivity contribution in [2.75, 3.05) is 49.3 Å². The number of nitrogens with one attached hydrogen (secondary N) is 1. The van der Waals surface area contributed by atoms with Crippen LogP contribution in [-0.4, -0.2) is 80.0 Å². The first kappa shape index (κ1) is 20.2. The quantitative estimate of drug-likeness (QED) is 0.780. The molecule has 1 unspecified atom stereocenters. The van der Waals surface area contributed by atoms with Gasteiger partial charge in [0.1, 0.15) is 0 Å². The molecule has 3 rings (SSSR count). The average molecular weight is 412 g/mol. The van der Waals surface area contributed by atoms with Gasteiger partial charge >= 0.3 is 0 Å². The number of carbonyl (C=O) groups is 2. The van der Waals surface area contributed by atoms with Gasteiger partial charge in [-0.1, -0.05) is 0 Å². The van der Waals surface area contributed by atoms with Crippen molar-refractivity contribution in [2.45, 2.75) is 23.8 Å². The van der Waals surface area contributed by atoms with Crippen molar-refractivity contribution in [3.63, 3.8) is 0 Å². The van der Waals surface area contributed by atoms with E-state index in [0.29, 0.717) is 5.69 Å². The van der Waals surface area contributed by atoms with Crippen molar-refractivity contribution in [3.05, 3.63) is 24.3 Å². The van der Waals surface area contributed by atoms with Crippen LogP contribution in [0, 0.1) is 0 Å². The van der Waals surface area contributed by atoms with E-state index in [0.717, 1.165) is 50.2 Å². The van der Waals surface area contributed by atoms with E-state index in [4.69, 9.17) is 0 Å². The van der Waals surface area contributed by atoms with Crippen molar-refractivity contribution in [3.8, 4) is 0 Å². The number of likely N-dealkylation sites (tertiary alicyclic amines) is 1. The lowest BCUT2D eigenvalue weighted by Gasteiger charge is -2.32. The van der Waals surface area contributed by atoms with Crippen LogP contribution in [0.15, 0.2) is 29.2 Å². The first-order valence-corrected chi connectivity index (χ1v) is 12.1. The summed E-state index contributed by atoms with van der Waals surface area (Å²) in [6, 6.07) is 5.88. The van der Waals surface area contributed by atoms with Crippen molar-refractivity contribution in [1.82, 2.24) is 9.80 Å². The molecule has 0 radical (unpaired) electrons. The van der Waals surface area contributed by atoms with Crippen LogP contribution in [0.25, 0.3) is 0 Å². The van der Waals surface area contributed by atoms with Gasteiger partial charge in [0.05, 0.1) is 17.5 Å². The molecule has 0 saturated carbocycles. The van der Waals surface area contributed by atoms with Gasteiger partial charge in [0.15, 0.2) is 9.84 Å². The normalized spacial score (nSPS) is 21.2. The SMILES string of the molecule is CS(=O)(=O)c1ccc(NC(=O)CN2CCCC2C(=O)N2CCSCC2)cc1. The molecule has 2 fully saturated rings. The summed E-state index contributed by atoms with van der Waals surface area (Å²) in [5.74, 6) is 1.89. The molecule has 1 aromatic carbocycles. The lowest BCUT2D eigenvalue weighted by molar-refractivity contribution is -0.136. The second kappa shape index (κ2) is 8.62. The maximum Gasteiger partial charge on any atom is 0.239 e. The van der Waals surface area contributed by atoms with Gasteiger partial charge in [0.25, 0.3) is 0 Å². The fourth-order valence-corrected chi connectivity index (χ4v) is 4.99. The van der Waals surface area contributed by atoms with Gasteiger partial charge in [-0.15, -0.1) is 0 Å². The number of benzene rings is 1. The molecule has 1 N–H and O–H groups in total. The van der Waals surface area contributed by atoms with Crippen LogP contribution in [0.2, 0.25) is 0 Å². The van der Waals surface area contributed by atoms with E-state index >= 15 is 0 Å². The Morgan fingerprint density at radius 2 is 1.81 bits per heavy atom. The Kier molecular flexibility index (Phi) is 6.44. The predicted molar refractivity (Wildman–Crippen MR) is 107 cm³/mol. The molecule has 1 aromatic rings. The molecule has 9 heteroatoms. The summed E-state index contributed by atoms with van der Waals surface area (Å²) in [5.41, 5.74) is 0.544. The van der Waals surface area contributed by atoms with E-state index < -0.39 is 9.84 Å². The Labute approximate surface area is 164 Å². The van der Waals surface area contributed by atoms with Crippen molar-refractivity contribution in [2.24, 2.45) is 0 Å². The number of amides is 2. The number of rotatable bonds is 5. The van der Waals surface area contributed by atoms with Crippen LogP contribution in [-0.2, 0) is 19.4 Å². The van der Waals surface area contributed by atoms with Crippen LogP contribution >= 0.6 is 11.8 Å². The number of thioether (sulfide) groups is 1. The third kappa shape index (κ3) is 5.24. The number of hydrogen-bond acceptors (Lipinski definition) is 6. The Morgan fingerprint density at radius 1 is 1.15 bits per heavy atom. The molecule has 0 aromatic heterocycles. The summed E-state index contributed by atoms with van der Waals surface area (Å²) in [4.78, 5) is 29.2. The topological polar surface area (TPSA) is 86.8 Å². The van der Waals surface area contributed by atoms with Crippen LogP contribution in [0.4, 0.5) is 5.69 Å². The molecular weight excluding hydrogens is 386 g/mol. The monoisotopic (exact) mass is 411 g/mol. The number of carbonyl (C=O) groups excluding carboxylic acids is 2. The van der Waals surface area contributed by atoms with Crippen LogP contribution < -0.4 is 5.32 Å². The van der Waals surface area contributed by atoms with E-state index in [1.807, 2.05) is 21.6 Å². The molecule has 2 heterocycles. The summed E-state index contributed by atoms with van der Waals surface area (Å²) in [7, 11) is -3.26. The summed E-state index contributed by atoms with van der Waals surface area (Å²) < 4.78 is 23.0. The second-order valence-corrected chi connectivity index (χ2v) is 10.2. The van der Waals surface area contributed by atoms with E-state index in [2.05, 4.69) is 5.32 Å². The summed E-state index contributed by atoms with van der Waals surface area (Å²) in [6.45, 7) is 2.46. The van der Waals surface area contributed by atoms with Gasteiger partial charge < -0.3 is 10.2 Å². The summed E-state index contributed by atoms with van der Waals surface area (Å²) >= 11 is 1.86. The van der Waals surface area contributed by atoms with Crippen LogP contribution in [0.3, 0.4) is 0 Å². The molecule has 7 nitrogen and oxygen atoms in total. The Balaban J connectivity index is 1.57. The zero-order chi connectivity index (χ0) is 19.4. The second-order valence-electron chi connectivity index (χ2n) is 6.91. The zero-order valence-electron chi connectivity index (χ0n) is 15.4. The van der Waals surface area contributed by atoms with Gasteiger partial charge in [-0.3, -0.25) is 14.5 Å². The predicted octanol–water partition coefficient (Wildman–Crippen LogP) is 1.07. The minimum Gasteiger partial charge on any atom is -0.340 e. The van der Waals surface area contributed by atoms with E-state index in [1.54, 1.807) is 12.1 Å². The first-order chi connectivity index (χ1) is 12.8. The minimum atomic E-state index is -3.26. The van der Waals surface area contributed by atoms with Gasteiger partial charge in [-0.2, -0.15) is 11.8 Å². The van der Waals surface area contributed by atoms with Crippen molar-refractivity contribution >= 4 is 39.1 Å². The van der Waals surface area contributed by atoms with E-state index in [1.165, 1.54) is 12.1 Å². The number of nitrogens with zero attached hydrogens (tertiary/aromatic N) is 2. The van der Waals surface area contributed by atoms with Gasteiger partial charge in [0.2, 0.25) is 11.8 Å². The van der Waals surface area contributed by atoms with Gasteiger partial charge in [-0.25, -0.2) is 8.42 Å². The van der Waals surface area contributed by atoms with E-state index in [9.17, 15) is 18.0 Å². The summed E-state index contributed by atoms with van der Waals surface area (Å²) in [5, 5.41) is 2.78. The molecule has 0 spiro atoms. The average Bonchev–Trinajstić information content (AvgIpc) is 3.09. The molecule has 2 saturated heterocycles. The van der Waals surface area contributed by atoms with Crippen molar-refractivity contribution in [1.29, 1.82) is 0 Å². The Morgan fingerprint density at radius 3 is 2.44 bits per heavy atom. The molecule has 2 amide bonds. The maximum atomic E-state index is 12.8. The number of anilines is 1. The van der Waals surface area contributed by atoms with E-state index in [-0.39, 0.29) is 29.3 Å².